The van der Waals surface area contributed by atoms with E-state index in [1.165, 1.54) is 0 Å². The van der Waals surface area contributed by atoms with Crippen LogP contribution in [0, 0.1) is 0 Å². The van der Waals surface area contributed by atoms with E-state index in [2.05, 4.69) is 34.0 Å². The van der Waals surface area contributed by atoms with Gasteiger partial charge < -0.3 is 17.3 Å². The highest BCUT2D eigenvalue weighted by atomic mass is 32.2. The first-order valence-corrected chi connectivity index (χ1v) is 5.82. The summed E-state index contributed by atoms with van der Waals surface area (Å²) in [5.41, 5.74) is 0. The summed E-state index contributed by atoms with van der Waals surface area (Å²) >= 11 is 0. The van der Waals surface area contributed by atoms with Crippen molar-refractivity contribution in [3.63, 3.8) is 0 Å². The van der Waals surface area contributed by atoms with E-state index in [1.54, 1.807) is 0 Å². The predicted octanol–water partition coefficient (Wildman–Crippen LogP) is 3.35. The number of hydrogen-bond acceptors (Lipinski definition) is 0. The Bertz CT molecular complexity index is 110. The van der Waals surface area contributed by atoms with Crippen molar-refractivity contribution in [3.8, 4) is 0 Å². The molecule has 0 aliphatic carbocycles. The van der Waals surface area contributed by atoms with Crippen molar-refractivity contribution in [2.24, 2.45) is 0 Å². The molecule has 0 saturated carbocycles. The molecule has 0 aliphatic rings. The summed E-state index contributed by atoms with van der Waals surface area (Å²) in [6.45, 7) is 9.18. The maximum absolute atomic E-state index is 9.75. The van der Waals surface area contributed by atoms with E-state index in [9.17, 15) is 17.3 Å². The van der Waals surface area contributed by atoms with Crippen LogP contribution in [0.5, 0.6) is 0 Å². The van der Waals surface area contributed by atoms with Crippen LogP contribution in [0.3, 0.4) is 0 Å². The molecule has 0 aromatic heterocycles. The average molecular weight is 220 g/mol. The van der Waals surface area contributed by atoms with Gasteiger partial charge in [0.2, 0.25) is 0 Å². The Hall–Kier alpha value is 0.135. The van der Waals surface area contributed by atoms with Crippen molar-refractivity contribution in [3.05, 3.63) is 0 Å². The van der Waals surface area contributed by atoms with Crippen LogP contribution in [0.2, 0.25) is 0 Å². The maximum atomic E-state index is 9.75. The van der Waals surface area contributed by atoms with Crippen LogP contribution in [-0.2, 0) is 10.9 Å². The standard InChI is InChI=1S/C7H17S.BF4/c1-6(2)8(5)7(3)4;2-1(3,4)5/h6-7H,1-5H3;/q+1;-1. The first-order valence-electron chi connectivity index (χ1n) is 4.06. The van der Waals surface area contributed by atoms with Crippen LogP contribution in [0.25, 0.3) is 0 Å². The van der Waals surface area contributed by atoms with Crippen molar-refractivity contribution < 1.29 is 17.3 Å². The van der Waals surface area contributed by atoms with Gasteiger partial charge >= 0.3 is 7.25 Å². The molecule has 6 heteroatoms. The van der Waals surface area contributed by atoms with Gasteiger partial charge in [-0.1, -0.05) is 0 Å². The molecule has 82 valence electrons. The van der Waals surface area contributed by atoms with Gasteiger partial charge in [-0.25, -0.2) is 0 Å². The van der Waals surface area contributed by atoms with Gasteiger partial charge in [-0.2, -0.15) is 0 Å². The van der Waals surface area contributed by atoms with E-state index in [0.29, 0.717) is 10.9 Å². The van der Waals surface area contributed by atoms with Crippen LogP contribution >= 0.6 is 0 Å². The smallest absolute Gasteiger partial charge is 0.418 e. The average Bonchev–Trinajstić information content (AvgIpc) is 1.81. The van der Waals surface area contributed by atoms with E-state index in [1.807, 2.05) is 0 Å². The molecule has 0 aromatic rings. The zero-order valence-corrected chi connectivity index (χ0v) is 9.47. The number of rotatable bonds is 2. The van der Waals surface area contributed by atoms with Crippen LogP contribution in [0.1, 0.15) is 27.7 Å². The second-order valence-corrected chi connectivity index (χ2v) is 6.30. The summed E-state index contributed by atoms with van der Waals surface area (Å²) < 4.78 is 39.0. The lowest BCUT2D eigenvalue weighted by Crippen LogP contribution is -2.22. The van der Waals surface area contributed by atoms with Gasteiger partial charge in [0.25, 0.3) is 0 Å². The van der Waals surface area contributed by atoms with Gasteiger partial charge in [0.1, 0.15) is 10.5 Å². The Morgan fingerprint density at radius 3 is 1.00 bits per heavy atom. The largest absolute Gasteiger partial charge is 0.673 e. The molecule has 0 bridgehead atoms. The van der Waals surface area contributed by atoms with Crippen molar-refractivity contribution in [2.45, 2.75) is 38.2 Å². The minimum Gasteiger partial charge on any atom is -0.418 e. The maximum Gasteiger partial charge on any atom is 0.673 e. The topological polar surface area (TPSA) is 0 Å². The minimum atomic E-state index is -6.00. The van der Waals surface area contributed by atoms with E-state index in [0.717, 1.165) is 10.5 Å². The van der Waals surface area contributed by atoms with Crippen LogP contribution in [0.4, 0.5) is 17.3 Å². The van der Waals surface area contributed by atoms with E-state index < -0.39 is 7.25 Å². The molecule has 0 nitrogen and oxygen atoms in total. The third-order valence-electron chi connectivity index (χ3n) is 1.49. The molecule has 0 amide bonds. The second-order valence-electron chi connectivity index (χ2n) is 3.20. The molecule has 0 aromatic carbocycles. The van der Waals surface area contributed by atoms with E-state index in [-0.39, 0.29) is 0 Å². The molecule has 0 spiro atoms. The first kappa shape index (κ1) is 15.6. The Morgan fingerprint density at radius 2 is 1.00 bits per heavy atom. The fourth-order valence-corrected chi connectivity index (χ4v) is 1.63. The van der Waals surface area contributed by atoms with Crippen LogP contribution in [0.15, 0.2) is 0 Å². The van der Waals surface area contributed by atoms with Gasteiger partial charge in [-0.15, -0.1) is 0 Å². The highest BCUT2D eigenvalue weighted by Crippen LogP contribution is 2.07. The van der Waals surface area contributed by atoms with Crippen molar-refractivity contribution in [2.75, 3.05) is 6.26 Å². The number of halogens is 4. The summed E-state index contributed by atoms with van der Waals surface area (Å²) in [6.07, 6.45) is 2.34. The fraction of sp³-hybridized carbons (Fsp3) is 1.00. The van der Waals surface area contributed by atoms with Crippen LogP contribution < -0.4 is 0 Å². The molecule has 0 radical (unpaired) electrons. The van der Waals surface area contributed by atoms with Gasteiger partial charge in [-0.05, 0) is 38.6 Å². The summed E-state index contributed by atoms with van der Waals surface area (Å²) in [6, 6.07) is 0. The summed E-state index contributed by atoms with van der Waals surface area (Å²) in [5.74, 6) is 0. The Kier molecular flexibility index (Phi) is 7.88. The summed E-state index contributed by atoms with van der Waals surface area (Å²) in [7, 11) is -5.37. The van der Waals surface area contributed by atoms with Crippen molar-refractivity contribution in [1.82, 2.24) is 0 Å². The summed E-state index contributed by atoms with van der Waals surface area (Å²) in [4.78, 5) is 0. The highest BCUT2D eigenvalue weighted by molar-refractivity contribution is 7.97. The lowest BCUT2D eigenvalue weighted by molar-refractivity contribution is 0.368. The number of hydrogen-bond donors (Lipinski definition) is 0. The molecular formula is C7H17BF4S. The Labute approximate surface area is 80.5 Å². The zero-order chi connectivity index (χ0) is 11.2. The molecule has 0 heterocycles. The first-order chi connectivity index (χ1) is 5.55. The minimum absolute atomic E-state index is 0.627. The molecule has 0 saturated heterocycles. The lowest BCUT2D eigenvalue weighted by Gasteiger charge is -2.09. The third kappa shape index (κ3) is 18.8. The lowest BCUT2D eigenvalue weighted by atomic mass is 10.3. The molecule has 13 heavy (non-hydrogen) atoms. The van der Waals surface area contributed by atoms with Crippen LogP contribution in [-0.4, -0.2) is 24.0 Å². The van der Waals surface area contributed by atoms with Gasteiger partial charge in [0.05, 0.1) is 6.26 Å². The fourth-order valence-electron chi connectivity index (χ4n) is 0.544. The predicted molar refractivity (Wildman–Crippen MR) is 53.7 cm³/mol. The quantitative estimate of drug-likeness (QED) is 0.380. The molecule has 0 aliphatic heterocycles. The molecule has 0 unspecified atom stereocenters. The van der Waals surface area contributed by atoms with Crippen molar-refractivity contribution >= 4 is 18.1 Å². The SMILES string of the molecule is CC(C)[S+](C)C(C)C.F[B-](F)(F)F. The Balaban J connectivity index is 0. The zero-order valence-electron chi connectivity index (χ0n) is 8.65. The van der Waals surface area contributed by atoms with Gasteiger partial charge in [0, 0.05) is 0 Å². The third-order valence-corrected chi connectivity index (χ3v) is 4.46. The second kappa shape index (κ2) is 6.57. The Morgan fingerprint density at radius 1 is 0.846 bits per heavy atom. The normalized spacial score (nSPS) is 12.0. The van der Waals surface area contributed by atoms with E-state index >= 15 is 0 Å². The van der Waals surface area contributed by atoms with Gasteiger partial charge in [0.15, 0.2) is 0 Å². The van der Waals surface area contributed by atoms with Crippen molar-refractivity contribution in [1.29, 1.82) is 0 Å². The molecule has 0 rings (SSSR count). The molecule has 0 atom stereocenters. The molecular weight excluding hydrogens is 203 g/mol. The highest BCUT2D eigenvalue weighted by Gasteiger charge is 2.20. The van der Waals surface area contributed by atoms with Gasteiger partial charge in [-0.3, -0.25) is 0 Å². The molecule has 0 N–H and O–H groups in total. The monoisotopic (exact) mass is 220 g/mol. The molecule has 0 fully saturated rings. The summed E-state index contributed by atoms with van der Waals surface area (Å²) in [5, 5.41) is 1.74. The van der Waals surface area contributed by atoms with E-state index in [4.69, 9.17) is 0 Å².